The number of rotatable bonds is 10. The lowest BCUT2D eigenvalue weighted by atomic mass is 9.74. The zero-order valence-electron chi connectivity index (χ0n) is 15.0. The van der Waals surface area contributed by atoms with Gasteiger partial charge in [-0.1, -0.05) is 34.6 Å². The van der Waals surface area contributed by atoms with E-state index in [2.05, 4.69) is 39.5 Å². The quantitative estimate of drug-likeness (QED) is 0.630. The summed E-state index contributed by atoms with van der Waals surface area (Å²) in [4.78, 5) is 14.0. The van der Waals surface area contributed by atoms with Crippen molar-refractivity contribution < 1.29 is 9.53 Å². The molecule has 0 aromatic heterocycles. The van der Waals surface area contributed by atoms with Crippen LogP contribution in [0.4, 0.5) is 0 Å². The third-order valence-corrected chi connectivity index (χ3v) is 3.83. The third kappa shape index (κ3) is 10.7. The molecule has 0 heterocycles. The van der Waals surface area contributed by atoms with Crippen molar-refractivity contribution in [2.75, 3.05) is 33.3 Å². The van der Waals surface area contributed by atoms with E-state index in [9.17, 15) is 4.79 Å². The number of carbonyl (C=O) groups is 1. The second-order valence-corrected chi connectivity index (χ2v) is 7.76. The highest BCUT2D eigenvalue weighted by atomic mass is 16.5. The number of carbonyl (C=O) groups excluding carboxylic acids is 1. The Balaban J connectivity index is 4.10. The van der Waals surface area contributed by atoms with E-state index >= 15 is 0 Å². The van der Waals surface area contributed by atoms with Crippen LogP contribution in [-0.4, -0.2) is 44.2 Å². The molecule has 4 nitrogen and oxygen atoms in total. The molecule has 0 saturated carbocycles. The molecule has 0 rings (SSSR count). The van der Waals surface area contributed by atoms with Gasteiger partial charge >= 0.3 is 5.97 Å². The minimum absolute atomic E-state index is 0.0688. The van der Waals surface area contributed by atoms with Gasteiger partial charge in [-0.3, -0.25) is 4.79 Å². The Morgan fingerprint density at radius 3 is 2.29 bits per heavy atom. The lowest BCUT2D eigenvalue weighted by molar-refractivity contribution is -0.148. The van der Waals surface area contributed by atoms with Gasteiger partial charge in [0.25, 0.3) is 0 Å². The molecule has 21 heavy (non-hydrogen) atoms. The Labute approximate surface area is 131 Å². The van der Waals surface area contributed by atoms with E-state index in [1.165, 1.54) is 0 Å². The Bertz CT molecular complexity index is 300. The van der Waals surface area contributed by atoms with E-state index in [4.69, 9.17) is 10.5 Å². The average molecular weight is 300 g/mol. The first-order valence-electron chi connectivity index (χ1n) is 8.16. The molecule has 0 aromatic carbocycles. The van der Waals surface area contributed by atoms with Gasteiger partial charge in [-0.15, -0.1) is 0 Å². The summed E-state index contributed by atoms with van der Waals surface area (Å²) in [5, 5.41) is 0. The van der Waals surface area contributed by atoms with E-state index in [0.717, 1.165) is 32.4 Å². The molecule has 0 aliphatic rings. The highest BCUT2D eigenvalue weighted by molar-refractivity contribution is 5.69. The largest absolute Gasteiger partial charge is 0.465 e. The summed E-state index contributed by atoms with van der Waals surface area (Å²) in [5.41, 5.74) is 5.79. The monoisotopic (exact) mass is 300 g/mol. The maximum atomic E-state index is 11.9. The number of ether oxygens (including phenoxy) is 1. The van der Waals surface area contributed by atoms with Gasteiger partial charge in [-0.2, -0.15) is 0 Å². The number of nitrogens with two attached hydrogens (primary N) is 1. The molecule has 1 atom stereocenters. The van der Waals surface area contributed by atoms with E-state index in [0.29, 0.717) is 19.6 Å². The molecule has 0 amide bonds. The summed E-state index contributed by atoms with van der Waals surface area (Å²) in [6.45, 7) is 13.9. The van der Waals surface area contributed by atoms with Crippen LogP contribution in [0.25, 0.3) is 0 Å². The van der Waals surface area contributed by atoms with Crippen molar-refractivity contribution in [3.8, 4) is 0 Å². The van der Waals surface area contributed by atoms with Gasteiger partial charge in [0.1, 0.15) is 0 Å². The van der Waals surface area contributed by atoms with Crippen LogP contribution >= 0.6 is 0 Å². The second kappa shape index (κ2) is 9.42. The SMILES string of the molecule is CCC(C)(COC(=O)CCN(C)CCCN)CC(C)(C)C. The Morgan fingerprint density at radius 1 is 1.19 bits per heavy atom. The van der Waals surface area contributed by atoms with E-state index in [1.807, 2.05) is 7.05 Å². The normalized spacial score (nSPS) is 15.0. The first kappa shape index (κ1) is 20.4. The molecule has 0 bridgehead atoms. The number of hydrogen-bond acceptors (Lipinski definition) is 4. The molecule has 0 fully saturated rings. The van der Waals surface area contributed by atoms with Gasteiger partial charge < -0.3 is 15.4 Å². The summed E-state index contributed by atoms with van der Waals surface area (Å²) >= 11 is 0. The molecule has 4 heteroatoms. The zero-order chi connectivity index (χ0) is 16.5. The van der Waals surface area contributed by atoms with Crippen LogP contribution < -0.4 is 5.73 Å². The van der Waals surface area contributed by atoms with Gasteiger partial charge in [0, 0.05) is 12.0 Å². The average Bonchev–Trinajstić information content (AvgIpc) is 2.38. The van der Waals surface area contributed by atoms with Crippen LogP contribution in [0, 0.1) is 10.8 Å². The standard InChI is InChI=1S/C17H36N2O2/c1-7-17(5,13-16(2,3)4)14-21-15(20)9-12-19(6)11-8-10-18/h7-14,18H2,1-6H3. The first-order chi connectivity index (χ1) is 9.62. The topological polar surface area (TPSA) is 55.6 Å². The fourth-order valence-electron chi connectivity index (χ4n) is 2.64. The summed E-state index contributed by atoms with van der Waals surface area (Å²) in [6, 6.07) is 0. The predicted molar refractivity (Wildman–Crippen MR) is 89.2 cm³/mol. The Kier molecular flexibility index (Phi) is 9.14. The molecule has 1 unspecified atom stereocenters. The minimum Gasteiger partial charge on any atom is -0.465 e. The summed E-state index contributed by atoms with van der Waals surface area (Å²) in [6.07, 6.45) is 3.50. The van der Waals surface area contributed by atoms with Crippen molar-refractivity contribution in [2.24, 2.45) is 16.6 Å². The molecule has 0 aromatic rings. The summed E-state index contributed by atoms with van der Waals surface area (Å²) in [7, 11) is 2.01. The maximum Gasteiger partial charge on any atom is 0.307 e. The van der Waals surface area contributed by atoms with E-state index < -0.39 is 0 Å². The zero-order valence-corrected chi connectivity index (χ0v) is 15.0. The fraction of sp³-hybridized carbons (Fsp3) is 0.941. The predicted octanol–water partition coefficient (Wildman–Crippen LogP) is 3.05. The van der Waals surface area contributed by atoms with Crippen molar-refractivity contribution in [1.29, 1.82) is 0 Å². The number of hydrogen-bond donors (Lipinski definition) is 1. The summed E-state index contributed by atoms with van der Waals surface area (Å²) in [5.74, 6) is -0.0943. The van der Waals surface area contributed by atoms with Crippen molar-refractivity contribution in [1.82, 2.24) is 4.90 Å². The van der Waals surface area contributed by atoms with Crippen LogP contribution in [0.5, 0.6) is 0 Å². The third-order valence-electron chi connectivity index (χ3n) is 3.83. The van der Waals surface area contributed by atoms with Gasteiger partial charge in [-0.05, 0) is 44.8 Å². The maximum absolute atomic E-state index is 11.9. The van der Waals surface area contributed by atoms with Crippen LogP contribution in [0.1, 0.15) is 60.3 Å². The van der Waals surface area contributed by atoms with Crippen molar-refractivity contribution in [3.05, 3.63) is 0 Å². The van der Waals surface area contributed by atoms with E-state index in [1.54, 1.807) is 0 Å². The highest BCUT2D eigenvalue weighted by Crippen LogP contribution is 2.36. The van der Waals surface area contributed by atoms with E-state index in [-0.39, 0.29) is 16.8 Å². The highest BCUT2D eigenvalue weighted by Gasteiger charge is 2.29. The Morgan fingerprint density at radius 2 is 1.81 bits per heavy atom. The van der Waals surface area contributed by atoms with Crippen LogP contribution in [0.2, 0.25) is 0 Å². The van der Waals surface area contributed by atoms with Gasteiger partial charge in [0.15, 0.2) is 0 Å². The second-order valence-electron chi connectivity index (χ2n) is 7.76. The Hall–Kier alpha value is -0.610. The van der Waals surface area contributed by atoms with Crippen molar-refractivity contribution in [2.45, 2.75) is 60.3 Å². The molecule has 126 valence electrons. The summed E-state index contributed by atoms with van der Waals surface area (Å²) < 4.78 is 5.51. The van der Waals surface area contributed by atoms with Crippen LogP contribution in [0.15, 0.2) is 0 Å². The number of nitrogens with zero attached hydrogens (tertiary/aromatic N) is 1. The molecule has 0 aliphatic heterocycles. The molecule has 2 N–H and O–H groups in total. The molecular formula is C17H36N2O2. The molecule has 0 radical (unpaired) electrons. The van der Waals surface area contributed by atoms with Crippen LogP contribution in [-0.2, 0) is 9.53 Å². The van der Waals surface area contributed by atoms with Crippen molar-refractivity contribution >= 4 is 5.97 Å². The molecule has 0 aliphatic carbocycles. The smallest absolute Gasteiger partial charge is 0.307 e. The molecular weight excluding hydrogens is 264 g/mol. The lowest BCUT2D eigenvalue weighted by Gasteiger charge is -2.34. The van der Waals surface area contributed by atoms with Crippen LogP contribution in [0.3, 0.4) is 0 Å². The number of esters is 1. The van der Waals surface area contributed by atoms with Gasteiger partial charge in [0.2, 0.25) is 0 Å². The molecule has 0 saturated heterocycles. The minimum atomic E-state index is -0.0943. The molecule has 0 spiro atoms. The van der Waals surface area contributed by atoms with Crippen molar-refractivity contribution in [3.63, 3.8) is 0 Å². The van der Waals surface area contributed by atoms with Gasteiger partial charge in [-0.25, -0.2) is 0 Å². The van der Waals surface area contributed by atoms with Gasteiger partial charge in [0.05, 0.1) is 13.0 Å². The lowest BCUT2D eigenvalue weighted by Crippen LogP contribution is -2.30. The fourth-order valence-corrected chi connectivity index (χ4v) is 2.64. The first-order valence-corrected chi connectivity index (χ1v) is 8.16.